The van der Waals surface area contributed by atoms with Crippen LogP contribution in [0.2, 0.25) is 0 Å². The van der Waals surface area contributed by atoms with Crippen LogP contribution in [0.5, 0.6) is 0 Å². The largest absolute Gasteiger partial charge is 0.330 e. The van der Waals surface area contributed by atoms with Crippen LogP contribution in [0.15, 0.2) is 0 Å². The molecule has 0 bridgehead atoms. The summed E-state index contributed by atoms with van der Waals surface area (Å²) in [5.41, 5.74) is 5.33. The molecule has 0 aromatic carbocycles. The lowest BCUT2D eigenvalue weighted by Gasteiger charge is -1.86. The zero-order chi connectivity index (χ0) is 7.56. The van der Waals surface area contributed by atoms with Gasteiger partial charge >= 0.3 is 0 Å². The Kier molecular flexibility index (Phi) is 2.01. The van der Waals surface area contributed by atoms with Gasteiger partial charge in [-0.05, 0) is 13.5 Å². The van der Waals surface area contributed by atoms with Gasteiger partial charge in [0.2, 0.25) is 0 Å². The first-order chi connectivity index (χ1) is 4.74. The Balaban J connectivity index is 2.77. The average molecular weight is 140 g/mol. The van der Waals surface area contributed by atoms with Crippen molar-refractivity contribution < 1.29 is 0 Å². The second-order valence-corrected chi connectivity index (χ2v) is 2.24. The summed E-state index contributed by atoms with van der Waals surface area (Å²) in [6.07, 6.45) is 0.766. The van der Waals surface area contributed by atoms with E-state index in [9.17, 15) is 0 Å². The lowest BCUT2D eigenvalue weighted by molar-refractivity contribution is 0.717. The second kappa shape index (κ2) is 2.79. The van der Waals surface area contributed by atoms with E-state index in [0.29, 0.717) is 6.54 Å². The van der Waals surface area contributed by atoms with E-state index in [1.807, 2.05) is 14.0 Å². The highest BCUT2D eigenvalue weighted by Gasteiger charge is 1.99. The Bertz CT molecular complexity index is 196. The van der Waals surface area contributed by atoms with Gasteiger partial charge in [-0.15, -0.1) is 0 Å². The van der Waals surface area contributed by atoms with Gasteiger partial charge in [-0.1, -0.05) is 0 Å². The summed E-state index contributed by atoms with van der Waals surface area (Å²) in [5.74, 6) is 1.77. The van der Waals surface area contributed by atoms with Crippen LogP contribution in [0.4, 0.5) is 0 Å². The van der Waals surface area contributed by atoms with Crippen LogP contribution in [0.1, 0.15) is 11.6 Å². The van der Waals surface area contributed by atoms with Crippen LogP contribution in [-0.2, 0) is 13.5 Å². The summed E-state index contributed by atoms with van der Waals surface area (Å²) in [4.78, 5) is 4.17. The summed E-state index contributed by atoms with van der Waals surface area (Å²) in [6.45, 7) is 2.54. The van der Waals surface area contributed by atoms with Gasteiger partial charge in [0.1, 0.15) is 5.82 Å². The van der Waals surface area contributed by atoms with E-state index in [1.165, 1.54) is 0 Å². The molecular weight excluding hydrogens is 128 g/mol. The topological polar surface area (TPSA) is 56.7 Å². The predicted octanol–water partition coefficient (Wildman–Crippen LogP) is -0.375. The summed E-state index contributed by atoms with van der Waals surface area (Å²) >= 11 is 0. The average Bonchev–Trinajstić information content (AvgIpc) is 2.14. The van der Waals surface area contributed by atoms with Gasteiger partial charge in [0.15, 0.2) is 5.82 Å². The first kappa shape index (κ1) is 7.21. The van der Waals surface area contributed by atoms with E-state index in [1.54, 1.807) is 4.68 Å². The second-order valence-electron chi connectivity index (χ2n) is 2.24. The quantitative estimate of drug-likeness (QED) is 0.609. The lowest BCUT2D eigenvalue weighted by Crippen LogP contribution is -2.04. The molecule has 10 heavy (non-hydrogen) atoms. The van der Waals surface area contributed by atoms with Gasteiger partial charge < -0.3 is 5.73 Å². The number of aromatic nitrogens is 3. The van der Waals surface area contributed by atoms with Crippen LogP contribution in [-0.4, -0.2) is 21.3 Å². The smallest absolute Gasteiger partial charge is 0.152 e. The van der Waals surface area contributed by atoms with E-state index < -0.39 is 0 Å². The van der Waals surface area contributed by atoms with Crippen molar-refractivity contribution in [3.05, 3.63) is 11.6 Å². The summed E-state index contributed by atoms with van der Waals surface area (Å²) in [7, 11) is 1.88. The molecule has 0 radical (unpaired) electrons. The number of hydrogen-bond acceptors (Lipinski definition) is 3. The van der Waals surface area contributed by atoms with E-state index in [2.05, 4.69) is 10.1 Å². The molecule has 4 nitrogen and oxygen atoms in total. The molecule has 2 N–H and O–H groups in total. The molecule has 0 aliphatic heterocycles. The Morgan fingerprint density at radius 3 is 2.70 bits per heavy atom. The molecule has 0 spiro atoms. The Labute approximate surface area is 60.1 Å². The third kappa shape index (κ3) is 1.33. The van der Waals surface area contributed by atoms with Gasteiger partial charge in [-0.2, -0.15) is 5.10 Å². The van der Waals surface area contributed by atoms with E-state index >= 15 is 0 Å². The number of hydrogen-bond donors (Lipinski definition) is 1. The van der Waals surface area contributed by atoms with Crippen molar-refractivity contribution in [1.82, 2.24) is 14.8 Å². The van der Waals surface area contributed by atoms with Gasteiger partial charge in [0.25, 0.3) is 0 Å². The number of nitrogens with zero attached hydrogens (tertiary/aromatic N) is 3. The summed E-state index contributed by atoms with van der Waals surface area (Å²) < 4.78 is 1.75. The number of rotatable bonds is 2. The standard InChI is InChI=1S/C6H12N4/c1-5-8-6(3-4-7)9-10(5)2/h3-4,7H2,1-2H3. The maximum Gasteiger partial charge on any atom is 0.152 e. The maximum absolute atomic E-state index is 5.33. The highest BCUT2D eigenvalue weighted by molar-refractivity contribution is 4.89. The maximum atomic E-state index is 5.33. The van der Waals surface area contributed by atoms with Crippen molar-refractivity contribution in [2.75, 3.05) is 6.54 Å². The minimum atomic E-state index is 0.615. The van der Waals surface area contributed by atoms with Crippen LogP contribution in [0, 0.1) is 6.92 Å². The fourth-order valence-corrected chi connectivity index (χ4v) is 0.762. The Morgan fingerprint density at radius 1 is 1.60 bits per heavy atom. The minimum Gasteiger partial charge on any atom is -0.330 e. The monoisotopic (exact) mass is 140 g/mol. The predicted molar refractivity (Wildman–Crippen MR) is 38.5 cm³/mol. The third-order valence-electron chi connectivity index (χ3n) is 1.39. The van der Waals surface area contributed by atoms with Gasteiger partial charge in [-0.3, -0.25) is 4.68 Å². The van der Waals surface area contributed by atoms with Crippen LogP contribution >= 0.6 is 0 Å². The van der Waals surface area contributed by atoms with Gasteiger partial charge in [0, 0.05) is 13.5 Å². The molecule has 0 amide bonds. The molecule has 1 heterocycles. The molecule has 1 aromatic heterocycles. The van der Waals surface area contributed by atoms with E-state index in [4.69, 9.17) is 5.73 Å². The Morgan fingerprint density at radius 2 is 2.30 bits per heavy atom. The molecule has 0 aliphatic carbocycles. The molecule has 1 aromatic rings. The molecule has 0 saturated carbocycles. The molecule has 1 rings (SSSR count). The van der Waals surface area contributed by atoms with Crippen molar-refractivity contribution in [2.45, 2.75) is 13.3 Å². The van der Waals surface area contributed by atoms with Crippen molar-refractivity contribution in [3.63, 3.8) is 0 Å². The highest BCUT2D eigenvalue weighted by atomic mass is 15.3. The highest BCUT2D eigenvalue weighted by Crippen LogP contribution is 1.93. The first-order valence-corrected chi connectivity index (χ1v) is 3.30. The van der Waals surface area contributed by atoms with Crippen LogP contribution < -0.4 is 5.73 Å². The zero-order valence-electron chi connectivity index (χ0n) is 6.33. The lowest BCUT2D eigenvalue weighted by atomic mass is 10.4. The van der Waals surface area contributed by atoms with Crippen molar-refractivity contribution in [1.29, 1.82) is 0 Å². The minimum absolute atomic E-state index is 0.615. The fourth-order valence-electron chi connectivity index (χ4n) is 0.762. The first-order valence-electron chi connectivity index (χ1n) is 3.30. The Hall–Kier alpha value is -0.900. The molecular formula is C6H12N4. The van der Waals surface area contributed by atoms with Crippen LogP contribution in [0.3, 0.4) is 0 Å². The van der Waals surface area contributed by atoms with Crippen molar-refractivity contribution >= 4 is 0 Å². The zero-order valence-corrected chi connectivity index (χ0v) is 6.33. The van der Waals surface area contributed by atoms with Crippen LogP contribution in [0.25, 0.3) is 0 Å². The number of nitrogens with two attached hydrogens (primary N) is 1. The molecule has 0 unspecified atom stereocenters. The molecule has 4 heteroatoms. The third-order valence-corrected chi connectivity index (χ3v) is 1.39. The SMILES string of the molecule is Cc1nc(CCN)nn1C. The molecule has 0 saturated heterocycles. The number of aryl methyl sites for hydroxylation is 2. The van der Waals surface area contributed by atoms with E-state index in [-0.39, 0.29) is 0 Å². The molecule has 56 valence electrons. The van der Waals surface area contributed by atoms with Gasteiger partial charge in [0.05, 0.1) is 0 Å². The van der Waals surface area contributed by atoms with Gasteiger partial charge in [-0.25, -0.2) is 4.98 Å². The molecule has 0 atom stereocenters. The van der Waals surface area contributed by atoms with Crippen molar-refractivity contribution in [2.24, 2.45) is 12.8 Å². The summed E-state index contributed by atoms with van der Waals surface area (Å²) in [6, 6.07) is 0. The fraction of sp³-hybridized carbons (Fsp3) is 0.667. The molecule has 0 aliphatic rings. The van der Waals surface area contributed by atoms with Crippen molar-refractivity contribution in [3.8, 4) is 0 Å². The normalized spacial score (nSPS) is 10.3. The summed E-state index contributed by atoms with van der Waals surface area (Å²) in [5, 5.41) is 4.13. The van der Waals surface area contributed by atoms with E-state index in [0.717, 1.165) is 18.1 Å². The molecule has 0 fully saturated rings.